The zero-order valence-corrected chi connectivity index (χ0v) is 7.69. The summed E-state index contributed by atoms with van der Waals surface area (Å²) in [6.45, 7) is 3.30. The minimum Gasteiger partial charge on any atom is -0.466 e. The highest BCUT2D eigenvalue weighted by Crippen LogP contribution is 2.21. The number of hydrogen-bond donors (Lipinski definition) is 1. The predicted octanol–water partition coefficient (Wildman–Crippen LogP) is 1.20. The number of aliphatic hydroxyl groups excluding tert-OH is 1. The molecule has 1 N–H and O–H groups in total. The first-order valence-corrected chi connectivity index (χ1v) is 3.90. The molecule has 0 saturated carbocycles. The summed E-state index contributed by atoms with van der Waals surface area (Å²) in [7, 11) is 1.22. The Morgan fingerprint density at radius 3 is 2.93 bits per heavy atom. The monoisotopic (exact) mass is 194 g/mol. The topological polar surface area (TPSA) is 59.7 Å². The fourth-order valence-electron chi connectivity index (χ4n) is 0.980. The number of carbonyl (C=O) groups excluding carboxylic acids is 1. The lowest BCUT2D eigenvalue weighted by molar-refractivity contribution is -0.137. The van der Waals surface area contributed by atoms with Gasteiger partial charge in [-0.1, -0.05) is 6.58 Å². The number of ether oxygens (including phenoxy) is 1. The molecule has 1 aromatic heterocycles. The quantitative estimate of drug-likeness (QED) is 0.446. The van der Waals surface area contributed by atoms with Crippen molar-refractivity contribution in [3.05, 3.63) is 42.0 Å². The highest BCUT2D eigenvalue weighted by molar-refractivity contribution is 5.89. The van der Waals surface area contributed by atoms with E-state index in [0.717, 1.165) is 0 Å². The van der Waals surface area contributed by atoms with Crippen molar-refractivity contribution < 1.29 is 19.1 Å². The van der Waals surface area contributed by atoms with Gasteiger partial charge in [-0.15, -0.1) is 5.73 Å². The van der Waals surface area contributed by atoms with Gasteiger partial charge in [0.05, 0.1) is 13.4 Å². The van der Waals surface area contributed by atoms with E-state index in [1.807, 2.05) is 0 Å². The van der Waals surface area contributed by atoms with E-state index in [2.05, 4.69) is 17.0 Å². The maximum atomic E-state index is 11.1. The largest absolute Gasteiger partial charge is 0.466 e. The van der Waals surface area contributed by atoms with Crippen LogP contribution in [0.5, 0.6) is 0 Å². The second-order valence-corrected chi connectivity index (χ2v) is 2.50. The number of methoxy groups -OCH3 is 1. The fourth-order valence-corrected chi connectivity index (χ4v) is 0.980. The molecule has 1 heterocycles. The van der Waals surface area contributed by atoms with Crippen LogP contribution in [0.15, 0.2) is 40.7 Å². The van der Waals surface area contributed by atoms with E-state index in [1.54, 1.807) is 12.1 Å². The third kappa shape index (κ3) is 1.93. The van der Waals surface area contributed by atoms with Gasteiger partial charge in [-0.3, -0.25) is 0 Å². The summed E-state index contributed by atoms with van der Waals surface area (Å²) >= 11 is 0. The number of carbonyl (C=O) groups is 1. The van der Waals surface area contributed by atoms with Crippen LogP contribution in [0.3, 0.4) is 0 Å². The molecule has 1 atom stereocenters. The van der Waals surface area contributed by atoms with Crippen molar-refractivity contribution in [1.82, 2.24) is 0 Å². The summed E-state index contributed by atoms with van der Waals surface area (Å²) in [5.74, 6) is -0.426. The lowest BCUT2D eigenvalue weighted by atomic mass is 10.1. The molecule has 0 aliphatic carbocycles. The molecule has 0 saturated heterocycles. The summed E-state index contributed by atoms with van der Waals surface area (Å²) < 4.78 is 9.37. The van der Waals surface area contributed by atoms with Crippen LogP contribution in [0.1, 0.15) is 11.9 Å². The maximum absolute atomic E-state index is 11.1. The van der Waals surface area contributed by atoms with Crippen molar-refractivity contribution in [2.45, 2.75) is 6.10 Å². The Kier molecular flexibility index (Phi) is 3.29. The van der Waals surface area contributed by atoms with Gasteiger partial charge in [0.25, 0.3) is 0 Å². The van der Waals surface area contributed by atoms with Gasteiger partial charge in [0.1, 0.15) is 11.3 Å². The smallest absolute Gasteiger partial charge is 0.344 e. The molecule has 0 amide bonds. The zero-order chi connectivity index (χ0) is 10.6. The number of aliphatic hydroxyl groups is 1. The maximum Gasteiger partial charge on any atom is 0.344 e. The van der Waals surface area contributed by atoms with Crippen LogP contribution in [0.2, 0.25) is 0 Å². The van der Waals surface area contributed by atoms with Gasteiger partial charge >= 0.3 is 5.97 Å². The van der Waals surface area contributed by atoms with E-state index in [4.69, 9.17) is 4.42 Å². The molecule has 1 aromatic rings. The van der Waals surface area contributed by atoms with Crippen LogP contribution in [0.4, 0.5) is 0 Å². The van der Waals surface area contributed by atoms with Gasteiger partial charge in [0, 0.05) is 0 Å². The average Bonchev–Trinajstić information content (AvgIpc) is 2.71. The van der Waals surface area contributed by atoms with Gasteiger partial charge in [0.15, 0.2) is 6.10 Å². The van der Waals surface area contributed by atoms with Crippen LogP contribution in [0.25, 0.3) is 0 Å². The van der Waals surface area contributed by atoms with Gasteiger partial charge in [-0.2, -0.15) is 0 Å². The van der Waals surface area contributed by atoms with Crippen LogP contribution in [-0.4, -0.2) is 18.2 Å². The Balaban J connectivity index is 2.93. The molecule has 0 bridgehead atoms. The standard InChI is InChI=1S/C10H10O4/c1-3-7(10(12)13-2)9(11)8-5-4-6-14-8/h4-6,9,11H,1H2,2H3/t9-/m0/s1. The van der Waals surface area contributed by atoms with Crippen molar-refractivity contribution in [1.29, 1.82) is 0 Å². The molecule has 0 unspecified atom stereocenters. The molecule has 4 heteroatoms. The molecule has 74 valence electrons. The lowest BCUT2D eigenvalue weighted by Crippen LogP contribution is -2.11. The van der Waals surface area contributed by atoms with E-state index < -0.39 is 12.1 Å². The lowest BCUT2D eigenvalue weighted by Gasteiger charge is -2.07. The second kappa shape index (κ2) is 4.46. The van der Waals surface area contributed by atoms with Crippen molar-refractivity contribution in [2.75, 3.05) is 7.11 Å². The van der Waals surface area contributed by atoms with Crippen molar-refractivity contribution in [2.24, 2.45) is 0 Å². The van der Waals surface area contributed by atoms with Crippen molar-refractivity contribution >= 4 is 5.97 Å². The third-order valence-electron chi connectivity index (χ3n) is 1.68. The number of esters is 1. The molecule has 1 rings (SSSR count). The van der Waals surface area contributed by atoms with Crippen LogP contribution in [0, 0.1) is 0 Å². The average molecular weight is 194 g/mol. The molecular formula is C10H10O4. The first-order chi connectivity index (χ1) is 6.70. The van der Waals surface area contributed by atoms with Gasteiger partial charge in [0.2, 0.25) is 0 Å². The predicted molar refractivity (Wildman–Crippen MR) is 48.3 cm³/mol. The van der Waals surface area contributed by atoms with Crippen molar-refractivity contribution in [3.8, 4) is 0 Å². The summed E-state index contributed by atoms with van der Waals surface area (Å²) in [5, 5.41) is 9.64. The number of hydrogen-bond acceptors (Lipinski definition) is 4. The Morgan fingerprint density at radius 2 is 2.50 bits per heavy atom. The van der Waals surface area contributed by atoms with E-state index >= 15 is 0 Å². The van der Waals surface area contributed by atoms with E-state index in [9.17, 15) is 9.90 Å². The highest BCUT2D eigenvalue weighted by Gasteiger charge is 2.22. The Hall–Kier alpha value is -1.77. The van der Waals surface area contributed by atoms with E-state index in [-0.39, 0.29) is 11.3 Å². The van der Waals surface area contributed by atoms with Crippen molar-refractivity contribution in [3.63, 3.8) is 0 Å². The SMILES string of the molecule is C=C=C(C(=O)OC)[C@H](O)c1ccco1. The number of furan rings is 1. The summed E-state index contributed by atoms with van der Waals surface area (Å²) in [6, 6.07) is 3.15. The Labute approximate surface area is 81.1 Å². The molecule has 0 fully saturated rings. The summed E-state index contributed by atoms with van der Waals surface area (Å²) in [6.07, 6.45) is 0.214. The van der Waals surface area contributed by atoms with Crippen LogP contribution in [-0.2, 0) is 9.53 Å². The van der Waals surface area contributed by atoms with Crippen LogP contribution < -0.4 is 0 Å². The molecule has 0 aliphatic heterocycles. The fraction of sp³-hybridized carbons (Fsp3) is 0.200. The Morgan fingerprint density at radius 1 is 1.79 bits per heavy atom. The van der Waals surface area contributed by atoms with Gasteiger partial charge in [-0.05, 0) is 12.1 Å². The van der Waals surface area contributed by atoms with Crippen LogP contribution >= 0.6 is 0 Å². The minimum atomic E-state index is -1.19. The molecule has 0 spiro atoms. The first-order valence-electron chi connectivity index (χ1n) is 3.90. The molecule has 0 aliphatic rings. The minimum absolute atomic E-state index is 0.0672. The second-order valence-electron chi connectivity index (χ2n) is 2.50. The van der Waals surface area contributed by atoms with E-state index in [0.29, 0.717) is 0 Å². The summed E-state index contributed by atoms with van der Waals surface area (Å²) in [5.41, 5.74) is 2.26. The molecule has 4 nitrogen and oxygen atoms in total. The normalized spacial score (nSPS) is 11.6. The third-order valence-corrected chi connectivity index (χ3v) is 1.68. The molecular weight excluding hydrogens is 184 g/mol. The van der Waals surface area contributed by atoms with E-state index in [1.165, 1.54) is 13.4 Å². The van der Waals surface area contributed by atoms with Gasteiger partial charge in [-0.25, -0.2) is 4.79 Å². The summed E-state index contributed by atoms with van der Waals surface area (Å²) in [4.78, 5) is 11.1. The molecule has 0 radical (unpaired) electrons. The highest BCUT2D eigenvalue weighted by atomic mass is 16.5. The first kappa shape index (κ1) is 10.3. The Bertz CT molecular complexity index is 357. The molecule has 14 heavy (non-hydrogen) atoms. The van der Waals surface area contributed by atoms with Gasteiger partial charge < -0.3 is 14.3 Å². The number of rotatable bonds is 3. The zero-order valence-electron chi connectivity index (χ0n) is 7.69. The molecule has 0 aromatic carbocycles.